The lowest BCUT2D eigenvalue weighted by Crippen LogP contribution is -2.12. The average molecular weight is 388 g/mol. The molecule has 0 saturated heterocycles. The van der Waals surface area contributed by atoms with Crippen molar-refractivity contribution in [2.75, 3.05) is 11.9 Å². The fraction of sp³-hybridized carbons (Fsp3) is 0.211. The van der Waals surface area contributed by atoms with Gasteiger partial charge in [0.25, 0.3) is 0 Å². The molecular formula is C19H18ClN3O2S. The van der Waals surface area contributed by atoms with Crippen LogP contribution in [0, 0.1) is 6.92 Å². The van der Waals surface area contributed by atoms with E-state index in [1.807, 2.05) is 43.3 Å². The minimum Gasteiger partial charge on any atom is -0.494 e. The number of nitrogens with one attached hydrogen (secondary N) is 1. The number of carbonyl (C=O) groups is 1. The van der Waals surface area contributed by atoms with E-state index in [-0.39, 0.29) is 5.91 Å². The van der Waals surface area contributed by atoms with Crippen molar-refractivity contribution >= 4 is 34.0 Å². The number of hydrogen-bond acceptors (Lipinski definition) is 5. The molecule has 0 spiro atoms. The van der Waals surface area contributed by atoms with Crippen molar-refractivity contribution < 1.29 is 9.53 Å². The summed E-state index contributed by atoms with van der Waals surface area (Å²) in [4.78, 5) is 12.0. The van der Waals surface area contributed by atoms with Crippen LogP contribution < -0.4 is 10.1 Å². The molecule has 0 fully saturated rings. The molecule has 0 radical (unpaired) electrons. The van der Waals surface area contributed by atoms with Gasteiger partial charge in [-0.2, -0.15) is 0 Å². The molecule has 0 saturated carbocycles. The van der Waals surface area contributed by atoms with Gasteiger partial charge in [-0.1, -0.05) is 52.8 Å². The number of benzene rings is 2. The van der Waals surface area contributed by atoms with Crippen molar-refractivity contribution in [2.24, 2.45) is 0 Å². The average Bonchev–Trinajstić information content (AvgIpc) is 3.09. The van der Waals surface area contributed by atoms with E-state index in [1.165, 1.54) is 16.9 Å². The summed E-state index contributed by atoms with van der Waals surface area (Å²) >= 11 is 7.21. The molecule has 0 aliphatic heterocycles. The zero-order valence-electron chi connectivity index (χ0n) is 14.2. The molecule has 1 heterocycles. The third-order valence-corrected chi connectivity index (χ3v) is 4.74. The Balaban J connectivity index is 1.43. The summed E-state index contributed by atoms with van der Waals surface area (Å²) < 4.78 is 5.62. The van der Waals surface area contributed by atoms with Crippen molar-refractivity contribution in [3.05, 3.63) is 59.1 Å². The molecular weight excluding hydrogens is 370 g/mol. The first-order chi connectivity index (χ1) is 12.6. The fourth-order valence-corrected chi connectivity index (χ4v) is 3.11. The maximum absolute atomic E-state index is 12.0. The van der Waals surface area contributed by atoms with Crippen LogP contribution in [0.15, 0.2) is 48.5 Å². The number of anilines is 1. The molecule has 0 atom stereocenters. The smallest absolute Gasteiger partial charge is 0.226 e. The minimum atomic E-state index is -0.101. The van der Waals surface area contributed by atoms with E-state index in [9.17, 15) is 4.79 Å². The van der Waals surface area contributed by atoms with E-state index in [4.69, 9.17) is 16.3 Å². The summed E-state index contributed by atoms with van der Waals surface area (Å²) in [6.07, 6.45) is 0.990. The summed E-state index contributed by atoms with van der Waals surface area (Å²) in [6, 6.07) is 15.2. The molecule has 0 aliphatic rings. The topological polar surface area (TPSA) is 64.1 Å². The molecule has 134 valence electrons. The highest BCUT2D eigenvalue weighted by Gasteiger charge is 2.09. The number of aryl methyl sites for hydroxylation is 1. The number of rotatable bonds is 7. The minimum absolute atomic E-state index is 0.101. The van der Waals surface area contributed by atoms with Gasteiger partial charge >= 0.3 is 0 Å². The van der Waals surface area contributed by atoms with Gasteiger partial charge in [-0.25, -0.2) is 0 Å². The van der Waals surface area contributed by atoms with E-state index in [1.54, 1.807) is 12.1 Å². The Labute approximate surface area is 161 Å². The summed E-state index contributed by atoms with van der Waals surface area (Å²) in [5, 5.41) is 12.8. The standard InChI is InChI=1S/C19H18ClN3O2S/c1-13-4-10-16(11-5-13)25-12-2-3-17(24)21-19-23-22-18(26-19)14-6-8-15(20)9-7-14/h4-11H,2-3,12H2,1H3,(H,21,23,24). The van der Waals surface area contributed by atoms with Gasteiger partial charge in [-0.05, 0) is 37.6 Å². The maximum Gasteiger partial charge on any atom is 0.226 e. The van der Waals surface area contributed by atoms with Crippen molar-refractivity contribution in [2.45, 2.75) is 19.8 Å². The van der Waals surface area contributed by atoms with Crippen molar-refractivity contribution in [1.82, 2.24) is 10.2 Å². The second kappa shape index (κ2) is 8.78. The lowest BCUT2D eigenvalue weighted by molar-refractivity contribution is -0.116. The monoisotopic (exact) mass is 387 g/mol. The van der Waals surface area contributed by atoms with Crippen LogP contribution in [0.2, 0.25) is 5.02 Å². The highest BCUT2D eigenvalue weighted by Crippen LogP contribution is 2.27. The number of nitrogens with zero attached hydrogens (tertiary/aromatic N) is 2. The third kappa shape index (κ3) is 5.28. The normalized spacial score (nSPS) is 10.5. The van der Waals surface area contributed by atoms with Crippen LogP contribution in [0.5, 0.6) is 5.75 Å². The summed E-state index contributed by atoms with van der Waals surface area (Å²) in [6.45, 7) is 2.52. The third-order valence-electron chi connectivity index (χ3n) is 3.60. The van der Waals surface area contributed by atoms with Crippen LogP contribution in [0.1, 0.15) is 18.4 Å². The summed E-state index contributed by atoms with van der Waals surface area (Å²) in [7, 11) is 0. The number of amides is 1. The van der Waals surface area contributed by atoms with Gasteiger partial charge in [0.2, 0.25) is 11.0 Å². The second-order valence-corrected chi connectivity index (χ2v) is 7.15. The van der Waals surface area contributed by atoms with Gasteiger partial charge in [0.15, 0.2) is 0 Å². The van der Waals surface area contributed by atoms with E-state index in [2.05, 4.69) is 15.5 Å². The lowest BCUT2D eigenvalue weighted by atomic mass is 10.2. The molecule has 0 aliphatic carbocycles. The molecule has 26 heavy (non-hydrogen) atoms. The Morgan fingerprint density at radius 3 is 2.58 bits per heavy atom. The Morgan fingerprint density at radius 1 is 1.12 bits per heavy atom. The summed E-state index contributed by atoms with van der Waals surface area (Å²) in [5.74, 6) is 0.712. The molecule has 0 bridgehead atoms. The van der Waals surface area contributed by atoms with E-state index in [0.717, 1.165) is 16.3 Å². The predicted octanol–water partition coefficient (Wildman–Crippen LogP) is 4.96. The lowest BCUT2D eigenvalue weighted by Gasteiger charge is -2.06. The Bertz CT molecular complexity index is 863. The Kier molecular flexibility index (Phi) is 6.20. The number of ether oxygens (including phenoxy) is 1. The van der Waals surface area contributed by atoms with Crippen molar-refractivity contribution in [1.29, 1.82) is 0 Å². The molecule has 0 unspecified atom stereocenters. The molecule has 5 nitrogen and oxygen atoms in total. The number of halogens is 1. The van der Waals surface area contributed by atoms with Crippen molar-refractivity contribution in [3.8, 4) is 16.3 Å². The van der Waals surface area contributed by atoms with Crippen LogP contribution in [-0.4, -0.2) is 22.7 Å². The van der Waals surface area contributed by atoms with Gasteiger partial charge in [-0.15, -0.1) is 10.2 Å². The predicted molar refractivity (Wildman–Crippen MR) is 105 cm³/mol. The van der Waals surface area contributed by atoms with Crippen molar-refractivity contribution in [3.63, 3.8) is 0 Å². The molecule has 3 aromatic rings. The van der Waals surface area contributed by atoms with Crippen LogP contribution in [0.25, 0.3) is 10.6 Å². The number of hydrogen-bond donors (Lipinski definition) is 1. The fourth-order valence-electron chi connectivity index (χ4n) is 2.22. The zero-order valence-corrected chi connectivity index (χ0v) is 15.8. The SMILES string of the molecule is Cc1ccc(OCCCC(=O)Nc2nnc(-c3ccc(Cl)cc3)s2)cc1. The zero-order chi connectivity index (χ0) is 18.4. The quantitative estimate of drug-likeness (QED) is 0.581. The maximum atomic E-state index is 12.0. The van der Waals surface area contributed by atoms with Gasteiger partial charge in [0.05, 0.1) is 6.61 Å². The van der Waals surface area contributed by atoms with Crippen LogP contribution in [0.3, 0.4) is 0 Å². The largest absolute Gasteiger partial charge is 0.494 e. The first-order valence-corrected chi connectivity index (χ1v) is 9.38. The highest BCUT2D eigenvalue weighted by atomic mass is 35.5. The molecule has 1 N–H and O–H groups in total. The van der Waals surface area contributed by atoms with Gasteiger partial charge < -0.3 is 10.1 Å². The van der Waals surface area contributed by atoms with E-state index in [0.29, 0.717) is 29.6 Å². The van der Waals surface area contributed by atoms with Gasteiger partial charge in [0, 0.05) is 17.0 Å². The van der Waals surface area contributed by atoms with Gasteiger partial charge in [-0.3, -0.25) is 4.79 Å². The molecule has 1 amide bonds. The molecule has 7 heteroatoms. The Morgan fingerprint density at radius 2 is 1.85 bits per heavy atom. The molecule has 2 aromatic carbocycles. The molecule has 1 aromatic heterocycles. The Hall–Kier alpha value is -2.44. The first-order valence-electron chi connectivity index (χ1n) is 8.19. The van der Waals surface area contributed by atoms with Crippen LogP contribution in [-0.2, 0) is 4.79 Å². The number of carbonyl (C=O) groups excluding carboxylic acids is 1. The van der Waals surface area contributed by atoms with Gasteiger partial charge in [0.1, 0.15) is 10.8 Å². The van der Waals surface area contributed by atoms with E-state index >= 15 is 0 Å². The van der Waals surface area contributed by atoms with Crippen LogP contribution >= 0.6 is 22.9 Å². The number of aromatic nitrogens is 2. The van der Waals surface area contributed by atoms with Crippen LogP contribution in [0.4, 0.5) is 5.13 Å². The second-order valence-electron chi connectivity index (χ2n) is 5.73. The first kappa shape index (κ1) is 18.4. The highest BCUT2D eigenvalue weighted by molar-refractivity contribution is 7.18. The summed E-state index contributed by atoms with van der Waals surface area (Å²) in [5.41, 5.74) is 2.10. The van der Waals surface area contributed by atoms with E-state index < -0.39 is 0 Å². The molecule has 3 rings (SSSR count).